The van der Waals surface area contributed by atoms with Crippen molar-refractivity contribution in [2.45, 2.75) is 12.7 Å². The minimum Gasteiger partial charge on any atom is -0.493 e. The van der Waals surface area contributed by atoms with Crippen LogP contribution in [0, 0.1) is 11.7 Å². The molecule has 1 aromatic heterocycles. The second-order valence-corrected chi connectivity index (χ2v) is 6.69. The van der Waals surface area contributed by atoms with Crippen molar-refractivity contribution >= 4 is 38.3 Å². The molecule has 1 aliphatic rings. The Hall–Kier alpha value is -2.45. The van der Waals surface area contributed by atoms with Crippen LogP contribution in [0.2, 0.25) is 0 Å². The van der Waals surface area contributed by atoms with Gasteiger partial charge in [0.25, 0.3) is 0 Å². The third-order valence-electron chi connectivity index (χ3n) is 3.84. The molecule has 0 spiro atoms. The maximum absolute atomic E-state index is 14.6. The number of aromatic nitrogens is 2. The van der Waals surface area contributed by atoms with E-state index in [9.17, 15) is 4.39 Å². The topological polar surface area (TPSA) is 59.5 Å². The number of benzene rings is 2. The first-order valence-corrected chi connectivity index (χ1v) is 9.01. The number of fused-ring (bicyclic) bond motifs is 1. The van der Waals surface area contributed by atoms with Gasteiger partial charge in [0.2, 0.25) is 0 Å². The summed E-state index contributed by atoms with van der Waals surface area (Å²) in [7, 11) is -3.26. The minimum absolute atomic E-state index is 0.0492. The van der Waals surface area contributed by atoms with Crippen LogP contribution in [0.15, 0.2) is 41.1 Å². The highest BCUT2D eigenvalue weighted by Crippen LogP contribution is 2.35. The third-order valence-corrected chi connectivity index (χ3v) is 4.34. The number of rotatable bonds is 6. The molecule has 0 aliphatic carbocycles. The zero-order chi connectivity index (χ0) is 36.0. The van der Waals surface area contributed by atoms with E-state index < -0.39 is 74.4 Å². The van der Waals surface area contributed by atoms with Crippen molar-refractivity contribution in [2.75, 3.05) is 38.9 Å². The number of methoxy groups -OCH3 is 1. The molecule has 6 nitrogen and oxygen atoms in total. The van der Waals surface area contributed by atoms with E-state index >= 15 is 0 Å². The van der Waals surface area contributed by atoms with Gasteiger partial charge in [0.1, 0.15) is 18.0 Å². The second kappa shape index (κ2) is 9.14. The summed E-state index contributed by atoms with van der Waals surface area (Å²) in [5.41, 5.74) is -0.229. The minimum atomic E-state index is -4.26. The van der Waals surface area contributed by atoms with E-state index in [4.69, 9.17) is 32.8 Å². The highest BCUT2D eigenvalue weighted by atomic mass is 79.9. The summed E-state index contributed by atoms with van der Waals surface area (Å²) in [6.45, 7) is -16.1. The van der Waals surface area contributed by atoms with Gasteiger partial charge in [0.15, 0.2) is 11.5 Å². The number of anilines is 2. The molecule has 1 N–H and O–H groups in total. The summed E-state index contributed by atoms with van der Waals surface area (Å²) in [5, 5.41) is 2.64. The van der Waals surface area contributed by atoms with E-state index in [-0.39, 0.29) is 22.4 Å². The Morgan fingerprint density at radius 2 is 2.20 bits per heavy atom. The van der Waals surface area contributed by atoms with Crippen molar-refractivity contribution in [1.29, 1.82) is 0 Å². The van der Waals surface area contributed by atoms with Crippen molar-refractivity contribution in [3.8, 4) is 11.5 Å². The van der Waals surface area contributed by atoms with Crippen LogP contribution in [-0.4, -0.2) is 48.4 Å². The van der Waals surface area contributed by atoms with Crippen LogP contribution in [0.1, 0.15) is 36.0 Å². The van der Waals surface area contributed by atoms with Gasteiger partial charge in [-0.05, 0) is 62.9 Å². The first-order valence-electron chi connectivity index (χ1n) is 16.7. The lowest BCUT2D eigenvalue weighted by molar-refractivity contribution is 0.157. The van der Waals surface area contributed by atoms with E-state index in [1.807, 2.05) is 0 Å². The number of hydrogen-bond donors (Lipinski definition) is 1. The molecule has 0 radical (unpaired) electrons. The van der Waals surface area contributed by atoms with E-state index in [0.29, 0.717) is 4.47 Å². The quantitative estimate of drug-likeness (QED) is 0.523. The fraction of sp³-hybridized carbons (Fsp3) is 0.364. The van der Waals surface area contributed by atoms with Crippen LogP contribution in [0.5, 0.6) is 11.5 Å². The molecule has 30 heavy (non-hydrogen) atoms. The van der Waals surface area contributed by atoms with Gasteiger partial charge in [0.05, 0.1) is 31.7 Å². The lowest BCUT2D eigenvalue weighted by atomic mass is 9.98. The van der Waals surface area contributed by atoms with Gasteiger partial charge >= 0.3 is 0 Å². The molecule has 0 bridgehead atoms. The van der Waals surface area contributed by atoms with Gasteiger partial charge < -0.3 is 19.7 Å². The molecule has 2 heterocycles. The molecule has 0 amide bonds. The Bertz CT molecular complexity index is 1670. The summed E-state index contributed by atoms with van der Waals surface area (Å²) in [6.07, 6.45) is -7.41. The molecule has 0 saturated carbocycles. The normalized spacial score (nSPS) is 32.8. The summed E-state index contributed by atoms with van der Waals surface area (Å²) >= 11 is 3.12. The first-order chi connectivity index (χ1) is 21.0. The zero-order valence-corrected chi connectivity index (χ0v) is 16.5. The molecule has 2 aromatic carbocycles. The number of hydrogen-bond acceptors (Lipinski definition) is 6. The van der Waals surface area contributed by atoms with Gasteiger partial charge in [-0.25, -0.2) is 14.4 Å². The Balaban J connectivity index is 1.91. The maximum atomic E-state index is 14.6. The Morgan fingerprint density at radius 1 is 1.33 bits per heavy atom. The first kappa shape index (κ1) is 8.59. The molecule has 3 aromatic rings. The molecule has 0 atom stereocenters. The Kier molecular flexibility index (Phi) is 2.62. The SMILES string of the molecule is [2H]C([2H])([2H])Oc1cc2c(Nc3ccc(Br)cc3F)ncnc2cc1OC([2H])([2H])C1([2H])C([2H])([2H])C([2H])([2H])N(C([2H])([2H])[2H])C([2H])([2H])C1([2H])[2H]. The van der Waals surface area contributed by atoms with Crippen LogP contribution in [-0.2, 0) is 0 Å². The van der Waals surface area contributed by atoms with Gasteiger partial charge in [-0.1, -0.05) is 15.9 Å². The van der Waals surface area contributed by atoms with E-state index in [1.165, 1.54) is 12.1 Å². The van der Waals surface area contributed by atoms with E-state index in [0.717, 1.165) is 24.5 Å². The summed E-state index contributed by atoms with van der Waals surface area (Å²) in [5.74, 6) is -6.84. The Morgan fingerprint density at radius 3 is 2.97 bits per heavy atom. The van der Waals surface area contributed by atoms with Crippen LogP contribution in [0.3, 0.4) is 0 Å². The molecular weight excluding hydrogens is 451 g/mol. The zero-order valence-electron chi connectivity index (χ0n) is 31.9. The third kappa shape index (κ3) is 4.65. The summed E-state index contributed by atoms with van der Waals surface area (Å²) in [6, 6.07) is 5.76. The van der Waals surface area contributed by atoms with E-state index in [2.05, 4.69) is 31.2 Å². The number of piperidine rings is 1. The molecular formula is C22H24BrFN4O2. The lowest BCUT2D eigenvalue weighted by Gasteiger charge is -2.28. The van der Waals surface area contributed by atoms with Crippen molar-refractivity contribution in [3.05, 3.63) is 46.9 Å². The van der Waals surface area contributed by atoms with Crippen molar-refractivity contribution in [1.82, 2.24) is 14.9 Å². The van der Waals surface area contributed by atoms with Crippen LogP contribution < -0.4 is 14.8 Å². The molecule has 4 rings (SSSR count). The van der Waals surface area contributed by atoms with Crippen LogP contribution in [0.4, 0.5) is 15.9 Å². The van der Waals surface area contributed by atoms with Gasteiger partial charge in [-0.3, -0.25) is 0 Å². The standard InChI is InChI=1S/C22H24BrFN4O2/c1-28-7-5-14(6-8-28)12-30-21-11-19-16(10-20(21)29-2)22(26-13-25-19)27-18-4-3-15(23)9-17(18)24/h3-4,9-11,13-14H,5-8,12H2,1-2H3,(H,25,26,27)/i1D3,2D3,5D2,6D2,7D2,8D2,12D2,14D. The van der Waals surface area contributed by atoms with Gasteiger partial charge in [-0.2, -0.15) is 0 Å². The van der Waals surface area contributed by atoms with E-state index in [1.54, 1.807) is 0 Å². The maximum Gasteiger partial charge on any atom is 0.163 e. The number of nitrogens with zero attached hydrogens (tertiary/aromatic N) is 3. The molecule has 1 saturated heterocycles. The monoisotopic (exact) mass is 491 g/mol. The second-order valence-electron chi connectivity index (χ2n) is 5.78. The molecule has 0 unspecified atom stereocenters. The Labute approximate surface area is 207 Å². The number of ether oxygens (including phenoxy) is 2. The lowest BCUT2D eigenvalue weighted by Crippen LogP contribution is -2.32. The highest BCUT2D eigenvalue weighted by molar-refractivity contribution is 9.10. The van der Waals surface area contributed by atoms with Crippen LogP contribution in [0.25, 0.3) is 10.9 Å². The smallest absolute Gasteiger partial charge is 0.163 e. The number of likely N-dealkylation sites (tertiary alicyclic amines) is 1. The fourth-order valence-corrected chi connectivity index (χ4v) is 2.81. The average Bonchev–Trinajstić information content (AvgIpc) is 2.87. The molecule has 1 fully saturated rings. The van der Waals surface area contributed by atoms with Crippen molar-refractivity contribution < 1.29 is 37.2 Å². The molecule has 158 valence electrons. The number of halogens is 2. The molecule has 8 heteroatoms. The number of nitrogens with one attached hydrogen (secondary N) is 1. The summed E-state index contributed by atoms with van der Waals surface area (Å²) < 4.78 is 164. The van der Waals surface area contributed by atoms with Gasteiger partial charge in [-0.15, -0.1) is 0 Å². The van der Waals surface area contributed by atoms with Crippen LogP contribution >= 0.6 is 15.9 Å². The van der Waals surface area contributed by atoms with Crippen molar-refractivity contribution in [2.24, 2.45) is 5.89 Å². The average molecular weight is 492 g/mol. The predicted molar refractivity (Wildman–Crippen MR) is 119 cm³/mol. The van der Waals surface area contributed by atoms with Crippen molar-refractivity contribution in [3.63, 3.8) is 0 Å². The summed E-state index contributed by atoms with van der Waals surface area (Å²) in [4.78, 5) is 7.28. The highest BCUT2D eigenvalue weighted by Gasteiger charge is 2.19. The van der Waals surface area contributed by atoms with Gasteiger partial charge in [0, 0.05) is 32.4 Å². The fourth-order valence-electron chi connectivity index (χ4n) is 2.48. The predicted octanol–water partition coefficient (Wildman–Crippen LogP) is 5.00. The molecule has 1 aliphatic heterocycles. The largest absolute Gasteiger partial charge is 0.493 e.